The van der Waals surface area contributed by atoms with E-state index in [1.54, 1.807) is 4.90 Å². The second kappa shape index (κ2) is 10.2. The van der Waals surface area contributed by atoms with Gasteiger partial charge in [0.2, 0.25) is 5.95 Å². The zero-order chi connectivity index (χ0) is 26.1. The molecule has 11 heteroatoms. The van der Waals surface area contributed by atoms with Crippen LogP contribution in [0.1, 0.15) is 38.6 Å². The maximum atomic E-state index is 12.2. The quantitative estimate of drug-likeness (QED) is 0.386. The Morgan fingerprint density at radius 2 is 1.82 bits per heavy atom. The number of rotatable bonds is 6. The maximum Gasteiger partial charge on any atom is 0.303 e. The summed E-state index contributed by atoms with van der Waals surface area (Å²) in [6, 6.07) is 6.38. The van der Waals surface area contributed by atoms with Gasteiger partial charge >= 0.3 is 5.97 Å². The summed E-state index contributed by atoms with van der Waals surface area (Å²) in [6.07, 6.45) is 12.2. The Labute approximate surface area is 219 Å². The molecule has 5 heterocycles. The first-order valence-corrected chi connectivity index (χ1v) is 13.1. The van der Waals surface area contributed by atoms with E-state index < -0.39 is 5.97 Å². The van der Waals surface area contributed by atoms with Crippen LogP contribution in [0.15, 0.2) is 43.0 Å². The Morgan fingerprint density at radius 1 is 1.00 bits per heavy atom. The molecule has 0 radical (unpaired) electrons. The van der Waals surface area contributed by atoms with Crippen molar-refractivity contribution in [3.8, 4) is 0 Å². The highest BCUT2D eigenvalue weighted by Gasteiger charge is 2.24. The number of pyridine rings is 2. The van der Waals surface area contributed by atoms with Crippen molar-refractivity contribution in [2.45, 2.75) is 38.6 Å². The van der Waals surface area contributed by atoms with Gasteiger partial charge in [-0.25, -0.2) is 9.97 Å². The van der Waals surface area contributed by atoms with Gasteiger partial charge in [0.05, 0.1) is 23.6 Å². The topological polar surface area (TPSA) is 118 Å². The number of hydrogen-bond acceptors (Lipinski definition) is 9. The summed E-state index contributed by atoms with van der Waals surface area (Å²) >= 11 is 0. The van der Waals surface area contributed by atoms with Crippen molar-refractivity contribution in [2.75, 3.05) is 43.0 Å². The van der Waals surface area contributed by atoms with E-state index in [9.17, 15) is 9.59 Å². The molecule has 0 spiro atoms. The maximum absolute atomic E-state index is 12.2. The molecule has 1 saturated carbocycles. The molecule has 1 aliphatic heterocycles. The van der Waals surface area contributed by atoms with Crippen molar-refractivity contribution in [3.63, 3.8) is 0 Å². The summed E-state index contributed by atoms with van der Waals surface area (Å²) in [4.78, 5) is 45.5. The summed E-state index contributed by atoms with van der Waals surface area (Å²) in [7, 11) is 0. The Morgan fingerprint density at radius 3 is 2.55 bits per heavy atom. The van der Waals surface area contributed by atoms with Gasteiger partial charge < -0.3 is 24.4 Å². The van der Waals surface area contributed by atoms with E-state index >= 15 is 0 Å². The lowest BCUT2D eigenvalue weighted by atomic mass is 10.2. The molecular weight excluding hydrogens is 484 g/mol. The first-order valence-electron chi connectivity index (χ1n) is 13.1. The lowest BCUT2D eigenvalue weighted by Crippen LogP contribution is -2.49. The molecule has 0 unspecified atom stereocenters. The number of aromatic nitrogens is 5. The fraction of sp³-hybridized carbons (Fsp3) is 0.407. The van der Waals surface area contributed by atoms with Crippen LogP contribution in [0.5, 0.6) is 0 Å². The minimum atomic E-state index is -0.449. The van der Waals surface area contributed by atoms with E-state index in [4.69, 9.17) is 9.72 Å². The molecule has 196 valence electrons. The third-order valence-corrected chi connectivity index (χ3v) is 7.42. The SMILES string of the molecule is CC(=O)OCC(=O)N1CCN(c2ccc(Nc3ncc4c5ccncc5n(C5CCCC5)c4n3)nc2)CC1. The second-order valence-corrected chi connectivity index (χ2v) is 9.81. The number of esters is 1. The smallest absolute Gasteiger partial charge is 0.303 e. The molecule has 11 nitrogen and oxygen atoms in total. The minimum absolute atomic E-state index is 0.169. The van der Waals surface area contributed by atoms with Crippen molar-refractivity contribution < 1.29 is 14.3 Å². The molecule has 1 aliphatic carbocycles. The zero-order valence-electron chi connectivity index (χ0n) is 21.3. The van der Waals surface area contributed by atoms with Crippen molar-refractivity contribution in [3.05, 3.63) is 43.0 Å². The van der Waals surface area contributed by atoms with E-state index in [2.05, 4.69) is 29.7 Å². The van der Waals surface area contributed by atoms with Crippen molar-refractivity contribution in [1.29, 1.82) is 0 Å². The first kappa shape index (κ1) is 24.1. The average molecular weight is 515 g/mol. The predicted molar refractivity (Wildman–Crippen MR) is 143 cm³/mol. The van der Waals surface area contributed by atoms with Crippen molar-refractivity contribution in [1.82, 2.24) is 29.4 Å². The highest BCUT2D eigenvalue weighted by Crippen LogP contribution is 2.37. The summed E-state index contributed by atoms with van der Waals surface area (Å²) in [6.45, 7) is 3.59. The molecule has 38 heavy (non-hydrogen) atoms. The van der Waals surface area contributed by atoms with Gasteiger partial charge in [0.25, 0.3) is 5.91 Å². The number of hydrogen-bond donors (Lipinski definition) is 1. The van der Waals surface area contributed by atoms with E-state index in [1.807, 2.05) is 43.0 Å². The Hall–Kier alpha value is -4.28. The van der Waals surface area contributed by atoms with Crippen LogP contribution in [-0.4, -0.2) is 74.1 Å². The third-order valence-electron chi connectivity index (χ3n) is 7.42. The molecule has 6 rings (SSSR count). The normalized spacial score (nSPS) is 16.3. The number of piperazine rings is 1. The molecule has 4 aromatic heterocycles. The van der Waals surface area contributed by atoms with Crippen LogP contribution in [-0.2, 0) is 14.3 Å². The molecule has 2 fully saturated rings. The van der Waals surface area contributed by atoms with Gasteiger partial charge in [-0.2, -0.15) is 4.98 Å². The van der Waals surface area contributed by atoms with Gasteiger partial charge in [0.15, 0.2) is 6.61 Å². The van der Waals surface area contributed by atoms with E-state index in [-0.39, 0.29) is 12.5 Å². The Kier molecular flexibility index (Phi) is 6.48. The summed E-state index contributed by atoms with van der Waals surface area (Å²) < 4.78 is 7.16. The van der Waals surface area contributed by atoms with Crippen LogP contribution >= 0.6 is 0 Å². The standard InChI is InChI=1S/C27H30N8O3/c1-18(36)38-17-25(37)34-12-10-33(11-13-34)20-6-7-24(29-14-20)31-27-30-15-22-21-8-9-28-16-23(21)35(26(22)32-27)19-4-2-3-5-19/h6-9,14-16,19H,2-5,10-13,17H2,1H3,(H,29,30,31,32). The molecule has 0 aromatic carbocycles. The molecule has 1 saturated heterocycles. The van der Waals surface area contributed by atoms with Crippen LogP contribution in [0.25, 0.3) is 21.9 Å². The average Bonchev–Trinajstić information content (AvgIpc) is 3.58. The number of amides is 1. The molecule has 0 bridgehead atoms. The number of carbonyl (C=O) groups is 2. The second-order valence-electron chi connectivity index (χ2n) is 9.81. The van der Waals surface area contributed by atoms with E-state index in [0.29, 0.717) is 44.0 Å². The summed E-state index contributed by atoms with van der Waals surface area (Å²) in [5, 5.41) is 5.42. The number of ether oxygens (including phenoxy) is 1. The number of carbonyl (C=O) groups excluding carboxylic acids is 2. The van der Waals surface area contributed by atoms with Crippen molar-refractivity contribution >= 4 is 51.3 Å². The fourth-order valence-corrected chi connectivity index (χ4v) is 5.49. The van der Waals surface area contributed by atoms with Gasteiger partial charge in [0, 0.05) is 62.3 Å². The van der Waals surface area contributed by atoms with Gasteiger partial charge in [-0.1, -0.05) is 12.8 Å². The highest BCUT2D eigenvalue weighted by molar-refractivity contribution is 6.06. The molecule has 4 aromatic rings. The van der Waals surface area contributed by atoms with Crippen molar-refractivity contribution in [2.24, 2.45) is 0 Å². The minimum Gasteiger partial charge on any atom is -0.456 e. The van der Waals surface area contributed by atoms with Gasteiger partial charge in [-0.05, 0) is 31.0 Å². The molecule has 1 amide bonds. The van der Waals surface area contributed by atoms with E-state index in [0.717, 1.165) is 40.5 Å². The van der Waals surface area contributed by atoms with Gasteiger partial charge in [-0.15, -0.1) is 0 Å². The van der Waals surface area contributed by atoms with Crippen LogP contribution < -0.4 is 10.2 Å². The largest absolute Gasteiger partial charge is 0.456 e. The highest BCUT2D eigenvalue weighted by atomic mass is 16.5. The van der Waals surface area contributed by atoms with Crippen LogP contribution in [0.3, 0.4) is 0 Å². The summed E-state index contributed by atoms with van der Waals surface area (Å²) in [5.74, 6) is 0.550. The van der Waals surface area contributed by atoms with Gasteiger partial charge in [0.1, 0.15) is 11.5 Å². The number of nitrogens with one attached hydrogen (secondary N) is 1. The van der Waals surface area contributed by atoms with Crippen LogP contribution in [0.2, 0.25) is 0 Å². The molecular formula is C27H30N8O3. The fourth-order valence-electron chi connectivity index (χ4n) is 5.49. The monoisotopic (exact) mass is 514 g/mol. The first-order chi connectivity index (χ1) is 18.6. The Bertz CT molecular complexity index is 1470. The molecule has 0 atom stereocenters. The zero-order valence-corrected chi connectivity index (χ0v) is 21.3. The number of anilines is 3. The molecule has 1 N–H and O–H groups in total. The predicted octanol–water partition coefficient (Wildman–Crippen LogP) is 3.44. The lowest BCUT2D eigenvalue weighted by Gasteiger charge is -2.35. The van der Waals surface area contributed by atoms with Crippen LogP contribution in [0, 0.1) is 0 Å². The van der Waals surface area contributed by atoms with Gasteiger partial charge in [-0.3, -0.25) is 14.6 Å². The van der Waals surface area contributed by atoms with Crippen LogP contribution in [0.4, 0.5) is 17.5 Å². The van der Waals surface area contributed by atoms with E-state index in [1.165, 1.54) is 19.8 Å². The number of fused-ring (bicyclic) bond motifs is 3. The Balaban J connectivity index is 1.15. The lowest BCUT2D eigenvalue weighted by molar-refractivity contribution is -0.150. The third kappa shape index (κ3) is 4.71. The molecule has 2 aliphatic rings. The number of nitrogens with zero attached hydrogens (tertiary/aromatic N) is 7. The summed E-state index contributed by atoms with van der Waals surface area (Å²) in [5.41, 5.74) is 3.01.